The molecule has 2 aromatic rings. The van der Waals surface area contributed by atoms with Gasteiger partial charge in [-0.1, -0.05) is 0 Å². The van der Waals surface area contributed by atoms with Crippen molar-refractivity contribution in [1.82, 2.24) is 14.9 Å². The third-order valence-corrected chi connectivity index (χ3v) is 4.31. The molecule has 0 spiro atoms. The fourth-order valence-corrected chi connectivity index (χ4v) is 2.86. The number of piperazine rings is 1. The van der Waals surface area contributed by atoms with Crippen LogP contribution in [0.25, 0.3) is 0 Å². The van der Waals surface area contributed by atoms with Gasteiger partial charge in [0.25, 0.3) is 5.91 Å². The first-order chi connectivity index (χ1) is 12.7. The highest BCUT2D eigenvalue weighted by molar-refractivity contribution is 5.95. The van der Waals surface area contributed by atoms with E-state index in [-0.39, 0.29) is 5.91 Å². The smallest absolute Gasteiger partial charge is 0.254 e. The highest BCUT2D eigenvalue weighted by Crippen LogP contribution is 2.28. The summed E-state index contributed by atoms with van der Waals surface area (Å²) in [6, 6.07) is 6.91. The Morgan fingerprint density at radius 3 is 2.35 bits per heavy atom. The van der Waals surface area contributed by atoms with Gasteiger partial charge < -0.3 is 24.0 Å². The summed E-state index contributed by atoms with van der Waals surface area (Å²) < 4.78 is 15.6. The molecule has 0 N–H and O–H groups in total. The fourth-order valence-electron chi connectivity index (χ4n) is 2.86. The van der Waals surface area contributed by atoms with Gasteiger partial charge in [-0.25, -0.2) is 4.98 Å². The van der Waals surface area contributed by atoms with Gasteiger partial charge in [0.05, 0.1) is 21.3 Å². The average molecular weight is 358 g/mol. The van der Waals surface area contributed by atoms with Crippen LogP contribution in [0.15, 0.2) is 30.5 Å². The minimum atomic E-state index is -0.0304. The highest BCUT2D eigenvalue weighted by atomic mass is 16.5. The van der Waals surface area contributed by atoms with Crippen LogP contribution in [0.3, 0.4) is 0 Å². The molecule has 138 valence electrons. The van der Waals surface area contributed by atoms with E-state index in [1.165, 1.54) is 0 Å². The van der Waals surface area contributed by atoms with Crippen LogP contribution in [-0.2, 0) is 0 Å². The van der Waals surface area contributed by atoms with E-state index in [1.54, 1.807) is 51.8 Å². The number of hydrogen-bond donors (Lipinski definition) is 0. The number of carbonyl (C=O) groups is 1. The number of aromatic nitrogens is 2. The maximum Gasteiger partial charge on any atom is 0.254 e. The predicted molar refractivity (Wildman–Crippen MR) is 96.2 cm³/mol. The Bertz CT molecular complexity index is 776. The van der Waals surface area contributed by atoms with Crippen LogP contribution in [0, 0.1) is 0 Å². The van der Waals surface area contributed by atoms with E-state index in [1.807, 2.05) is 9.80 Å². The Hall–Kier alpha value is -3.03. The van der Waals surface area contributed by atoms with Crippen LogP contribution in [0.4, 0.5) is 5.95 Å². The zero-order valence-corrected chi connectivity index (χ0v) is 15.1. The predicted octanol–water partition coefficient (Wildman–Crippen LogP) is 1.46. The maximum atomic E-state index is 12.8. The summed E-state index contributed by atoms with van der Waals surface area (Å²) in [5.74, 6) is 2.25. The summed E-state index contributed by atoms with van der Waals surface area (Å²) in [6.07, 6.45) is 1.67. The lowest BCUT2D eigenvalue weighted by Gasteiger charge is -2.34. The van der Waals surface area contributed by atoms with Gasteiger partial charge in [-0.15, -0.1) is 0 Å². The van der Waals surface area contributed by atoms with Gasteiger partial charge in [0, 0.05) is 44.0 Å². The molecule has 8 nitrogen and oxygen atoms in total. The summed E-state index contributed by atoms with van der Waals surface area (Å²) in [4.78, 5) is 25.3. The number of methoxy groups -OCH3 is 3. The Morgan fingerprint density at radius 1 is 0.962 bits per heavy atom. The van der Waals surface area contributed by atoms with Gasteiger partial charge >= 0.3 is 0 Å². The monoisotopic (exact) mass is 358 g/mol. The zero-order valence-electron chi connectivity index (χ0n) is 15.1. The quantitative estimate of drug-likeness (QED) is 0.801. The number of ether oxygens (including phenoxy) is 3. The molecule has 8 heteroatoms. The van der Waals surface area contributed by atoms with Crippen LogP contribution in [0.1, 0.15) is 10.4 Å². The fraction of sp³-hybridized carbons (Fsp3) is 0.389. The molecular weight excluding hydrogens is 336 g/mol. The molecule has 0 bridgehead atoms. The van der Waals surface area contributed by atoms with Crippen LogP contribution < -0.4 is 19.1 Å². The molecular formula is C18H22N4O4. The molecule has 1 aromatic carbocycles. The SMILES string of the molecule is COc1ccnc(N2CCN(C(=O)c3ccc(OC)c(OC)c3)CC2)n1. The normalized spacial score (nSPS) is 14.1. The molecule has 1 amide bonds. The number of amides is 1. The topological polar surface area (TPSA) is 77.0 Å². The third-order valence-electron chi connectivity index (χ3n) is 4.31. The van der Waals surface area contributed by atoms with Gasteiger partial charge in [-0.05, 0) is 18.2 Å². The molecule has 1 fully saturated rings. The number of hydrogen-bond acceptors (Lipinski definition) is 7. The standard InChI is InChI=1S/C18H22N4O4/c1-24-14-5-4-13(12-15(14)25-2)17(23)21-8-10-22(11-9-21)18-19-7-6-16(20-18)26-3/h4-7,12H,8-11H2,1-3H3. The van der Waals surface area contributed by atoms with E-state index < -0.39 is 0 Å². The summed E-state index contributed by atoms with van der Waals surface area (Å²) in [5, 5.41) is 0. The molecule has 1 aromatic heterocycles. The summed E-state index contributed by atoms with van der Waals surface area (Å²) in [6.45, 7) is 2.50. The molecule has 2 heterocycles. The van der Waals surface area contributed by atoms with Crippen molar-refractivity contribution < 1.29 is 19.0 Å². The second-order valence-electron chi connectivity index (χ2n) is 5.75. The van der Waals surface area contributed by atoms with Crippen LogP contribution in [-0.4, -0.2) is 68.3 Å². The zero-order chi connectivity index (χ0) is 18.5. The molecule has 1 aliphatic rings. The Labute approximate surface area is 152 Å². The minimum absolute atomic E-state index is 0.0304. The van der Waals surface area contributed by atoms with Gasteiger partial charge in [0.15, 0.2) is 11.5 Å². The van der Waals surface area contributed by atoms with Gasteiger partial charge in [0.2, 0.25) is 11.8 Å². The first-order valence-corrected chi connectivity index (χ1v) is 8.29. The lowest BCUT2D eigenvalue weighted by molar-refractivity contribution is 0.0745. The van der Waals surface area contributed by atoms with E-state index >= 15 is 0 Å². The number of rotatable bonds is 5. The second kappa shape index (κ2) is 7.90. The highest BCUT2D eigenvalue weighted by Gasteiger charge is 2.24. The minimum Gasteiger partial charge on any atom is -0.493 e. The lowest BCUT2D eigenvalue weighted by Crippen LogP contribution is -2.49. The maximum absolute atomic E-state index is 12.8. The molecule has 0 saturated carbocycles. The molecule has 3 rings (SSSR count). The van der Waals surface area contributed by atoms with Crippen LogP contribution >= 0.6 is 0 Å². The number of anilines is 1. The van der Waals surface area contributed by atoms with Gasteiger partial charge in [-0.2, -0.15) is 4.98 Å². The van der Waals surface area contributed by atoms with E-state index in [0.29, 0.717) is 55.1 Å². The van der Waals surface area contributed by atoms with Gasteiger partial charge in [-0.3, -0.25) is 4.79 Å². The summed E-state index contributed by atoms with van der Waals surface area (Å²) >= 11 is 0. The van der Waals surface area contributed by atoms with Crippen molar-refractivity contribution >= 4 is 11.9 Å². The Morgan fingerprint density at radius 2 is 1.69 bits per heavy atom. The van der Waals surface area contributed by atoms with E-state index in [9.17, 15) is 4.79 Å². The number of benzene rings is 1. The molecule has 0 aliphatic carbocycles. The van der Waals surface area contributed by atoms with E-state index in [4.69, 9.17) is 14.2 Å². The van der Waals surface area contributed by atoms with Crippen molar-refractivity contribution in [3.8, 4) is 17.4 Å². The van der Waals surface area contributed by atoms with E-state index in [2.05, 4.69) is 9.97 Å². The Kier molecular flexibility index (Phi) is 5.40. The molecule has 0 unspecified atom stereocenters. The summed E-state index contributed by atoms with van der Waals surface area (Å²) in [5.41, 5.74) is 0.578. The first kappa shape index (κ1) is 17.8. The van der Waals surface area contributed by atoms with Crippen molar-refractivity contribution in [2.24, 2.45) is 0 Å². The lowest BCUT2D eigenvalue weighted by atomic mass is 10.1. The third kappa shape index (κ3) is 3.63. The largest absolute Gasteiger partial charge is 0.493 e. The van der Waals surface area contributed by atoms with Crippen LogP contribution in [0.5, 0.6) is 17.4 Å². The number of nitrogens with zero attached hydrogens (tertiary/aromatic N) is 4. The molecule has 0 radical (unpaired) electrons. The van der Waals surface area contributed by atoms with Crippen molar-refractivity contribution in [3.05, 3.63) is 36.0 Å². The number of carbonyl (C=O) groups excluding carboxylic acids is 1. The first-order valence-electron chi connectivity index (χ1n) is 8.29. The second-order valence-corrected chi connectivity index (χ2v) is 5.75. The Balaban J connectivity index is 1.66. The summed E-state index contributed by atoms with van der Waals surface area (Å²) in [7, 11) is 4.70. The molecule has 1 aliphatic heterocycles. The van der Waals surface area contributed by atoms with Crippen LogP contribution in [0.2, 0.25) is 0 Å². The van der Waals surface area contributed by atoms with Crippen molar-refractivity contribution in [2.45, 2.75) is 0 Å². The van der Waals surface area contributed by atoms with Crippen molar-refractivity contribution in [2.75, 3.05) is 52.4 Å². The average Bonchev–Trinajstić information content (AvgIpc) is 2.72. The molecule has 1 saturated heterocycles. The molecule has 26 heavy (non-hydrogen) atoms. The van der Waals surface area contributed by atoms with Crippen molar-refractivity contribution in [1.29, 1.82) is 0 Å². The van der Waals surface area contributed by atoms with Crippen molar-refractivity contribution in [3.63, 3.8) is 0 Å². The van der Waals surface area contributed by atoms with E-state index in [0.717, 1.165) is 0 Å². The molecule has 0 atom stereocenters. The van der Waals surface area contributed by atoms with Gasteiger partial charge in [0.1, 0.15) is 0 Å².